The lowest BCUT2D eigenvalue weighted by Gasteiger charge is -2.26. The fourth-order valence-corrected chi connectivity index (χ4v) is 4.14. The largest absolute Gasteiger partial charge is 0.383 e. The van der Waals surface area contributed by atoms with Gasteiger partial charge in [-0.1, -0.05) is 17.7 Å². The minimum atomic E-state index is -3.45. The number of rotatable bonds is 3. The van der Waals surface area contributed by atoms with Crippen molar-refractivity contribution in [2.24, 2.45) is 7.05 Å². The fraction of sp³-hybridized carbons (Fsp3) is 0.308. The zero-order valence-electron chi connectivity index (χ0n) is 11.3. The SMILES string of the molecule is Cn1ncc(-c2ccc(S(=O)(=O)C3COC3)c(Cl)c2)c1N. The highest BCUT2D eigenvalue weighted by atomic mass is 35.5. The van der Waals surface area contributed by atoms with E-state index in [9.17, 15) is 8.42 Å². The maximum atomic E-state index is 12.3. The van der Waals surface area contributed by atoms with Crippen LogP contribution in [0.3, 0.4) is 0 Å². The molecule has 0 saturated carbocycles. The second kappa shape index (κ2) is 5.01. The van der Waals surface area contributed by atoms with Crippen LogP contribution in [0.2, 0.25) is 5.02 Å². The van der Waals surface area contributed by atoms with Crippen molar-refractivity contribution in [1.29, 1.82) is 0 Å². The number of nitrogen functional groups attached to an aromatic ring is 1. The number of sulfone groups is 1. The van der Waals surface area contributed by atoms with E-state index in [-0.39, 0.29) is 23.1 Å². The molecule has 0 atom stereocenters. The molecule has 2 aromatic rings. The van der Waals surface area contributed by atoms with Gasteiger partial charge < -0.3 is 10.5 Å². The third kappa shape index (κ3) is 2.31. The Labute approximate surface area is 127 Å². The van der Waals surface area contributed by atoms with E-state index in [1.165, 1.54) is 6.07 Å². The van der Waals surface area contributed by atoms with Crippen LogP contribution in [0.4, 0.5) is 5.82 Å². The number of aryl methyl sites for hydroxylation is 1. The Kier molecular flexibility index (Phi) is 3.43. The first-order valence-corrected chi connectivity index (χ1v) is 8.22. The highest BCUT2D eigenvalue weighted by Crippen LogP contribution is 2.33. The summed E-state index contributed by atoms with van der Waals surface area (Å²) in [6.45, 7) is 0.436. The van der Waals surface area contributed by atoms with Gasteiger partial charge in [0.15, 0.2) is 9.84 Å². The first-order chi connectivity index (χ1) is 9.91. The van der Waals surface area contributed by atoms with E-state index in [4.69, 9.17) is 22.1 Å². The molecule has 0 amide bonds. The minimum Gasteiger partial charge on any atom is -0.383 e. The van der Waals surface area contributed by atoms with E-state index >= 15 is 0 Å². The van der Waals surface area contributed by atoms with Crippen molar-refractivity contribution in [2.45, 2.75) is 10.1 Å². The van der Waals surface area contributed by atoms with E-state index < -0.39 is 15.1 Å². The number of hydrogen-bond donors (Lipinski definition) is 1. The Bertz CT molecular complexity index is 797. The Hall–Kier alpha value is -1.57. The molecule has 0 bridgehead atoms. The van der Waals surface area contributed by atoms with Gasteiger partial charge in [-0.2, -0.15) is 5.10 Å². The Morgan fingerprint density at radius 3 is 2.62 bits per heavy atom. The molecule has 1 aromatic carbocycles. The molecule has 0 spiro atoms. The molecule has 21 heavy (non-hydrogen) atoms. The summed E-state index contributed by atoms with van der Waals surface area (Å²) in [7, 11) is -1.71. The van der Waals surface area contributed by atoms with Crippen LogP contribution < -0.4 is 5.73 Å². The second-order valence-electron chi connectivity index (χ2n) is 4.92. The van der Waals surface area contributed by atoms with Crippen LogP contribution in [0.15, 0.2) is 29.3 Å². The van der Waals surface area contributed by atoms with Gasteiger partial charge in [0.25, 0.3) is 0 Å². The quantitative estimate of drug-likeness (QED) is 0.923. The zero-order valence-corrected chi connectivity index (χ0v) is 12.9. The lowest BCUT2D eigenvalue weighted by molar-refractivity contribution is 0.0416. The van der Waals surface area contributed by atoms with Gasteiger partial charge in [0.05, 0.1) is 29.3 Å². The molecular formula is C13H14ClN3O3S. The summed E-state index contributed by atoms with van der Waals surface area (Å²) in [5.74, 6) is 0.495. The minimum absolute atomic E-state index is 0.128. The first-order valence-electron chi connectivity index (χ1n) is 6.30. The van der Waals surface area contributed by atoms with Crippen molar-refractivity contribution in [3.8, 4) is 11.1 Å². The Balaban J connectivity index is 2.02. The van der Waals surface area contributed by atoms with Gasteiger partial charge in [-0.3, -0.25) is 4.68 Å². The van der Waals surface area contributed by atoms with Crippen molar-refractivity contribution in [3.05, 3.63) is 29.4 Å². The number of benzene rings is 1. The number of hydrogen-bond acceptors (Lipinski definition) is 5. The second-order valence-corrected chi connectivity index (χ2v) is 7.52. The molecule has 1 aliphatic rings. The number of halogens is 1. The summed E-state index contributed by atoms with van der Waals surface area (Å²) in [5.41, 5.74) is 7.36. The molecule has 1 saturated heterocycles. The zero-order chi connectivity index (χ0) is 15.2. The molecule has 0 radical (unpaired) electrons. The average Bonchev–Trinajstić information content (AvgIpc) is 2.66. The van der Waals surface area contributed by atoms with Crippen LogP contribution in [-0.4, -0.2) is 36.7 Å². The Morgan fingerprint density at radius 2 is 2.14 bits per heavy atom. The van der Waals surface area contributed by atoms with Crippen LogP contribution in [0.1, 0.15) is 0 Å². The van der Waals surface area contributed by atoms with Gasteiger partial charge in [0, 0.05) is 12.6 Å². The van der Waals surface area contributed by atoms with Gasteiger partial charge in [-0.25, -0.2) is 8.42 Å². The molecule has 2 N–H and O–H groups in total. The van der Waals surface area contributed by atoms with E-state index in [2.05, 4.69) is 5.10 Å². The van der Waals surface area contributed by atoms with Crippen LogP contribution in [0, 0.1) is 0 Å². The summed E-state index contributed by atoms with van der Waals surface area (Å²) in [6, 6.07) is 4.80. The van der Waals surface area contributed by atoms with Gasteiger partial charge in [-0.05, 0) is 17.7 Å². The number of aromatic nitrogens is 2. The molecule has 6 nitrogen and oxygen atoms in total. The molecule has 1 fully saturated rings. The maximum absolute atomic E-state index is 12.3. The molecule has 112 valence electrons. The lowest BCUT2D eigenvalue weighted by Crippen LogP contribution is -2.40. The van der Waals surface area contributed by atoms with Crippen molar-refractivity contribution >= 4 is 27.3 Å². The smallest absolute Gasteiger partial charge is 0.187 e. The highest BCUT2D eigenvalue weighted by molar-refractivity contribution is 7.92. The summed E-state index contributed by atoms with van der Waals surface area (Å²) in [6.07, 6.45) is 1.62. The molecule has 1 aromatic heterocycles. The lowest BCUT2D eigenvalue weighted by atomic mass is 10.1. The predicted octanol–water partition coefficient (Wildman–Crippen LogP) is 1.50. The van der Waals surface area contributed by atoms with Gasteiger partial charge >= 0.3 is 0 Å². The standard InChI is InChI=1S/C13H14ClN3O3S/c1-17-13(15)10(5-16-17)8-2-3-12(11(14)4-8)21(18,19)9-6-20-7-9/h2-5,9H,6-7,15H2,1H3. The normalized spacial score (nSPS) is 15.9. The number of anilines is 1. The summed E-state index contributed by atoms with van der Waals surface area (Å²) < 4.78 is 31.2. The average molecular weight is 328 g/mol. The van der Waals surface area contributed by atoms with Crippen LogP contribution in [0.5, 0.6) is 0 Å². The van der Waals surface area contributed by atoms with E-state index in [1.54, 1.807) is 30.1 Å². The molecule has 3 rings (SSSR count). The highest BCUT2D eigenvalue weighted by Gasteiger charge is 2.35. The molecular weight excluding hydrogens is 314 g/mol. The van der Waals surface area contributed by atoms with Crippen molar-refractivity contribution in [1.82, 2.24) is 9.78 Å². The third-order valence-electron chi connectivity index (χ3n) is 3.58. The number of nitrogens with two attached hydrogens (primary N) is 1. The van der Waals surface area contributed by atoms with Crippen LogP contribution in [0.25, 0.3) is 11.1 Å². The maximum Gasteiger partial charge on any atom is 0.187 e. The van der Waals surface area contributed by atoms with Crippen molar-refractivity contribution in [3.63, 3.8) is 0 Å². The summed E-state index contributed by atoms with van der Waals surface area (Å²) in [5, 5.41) is 3.73. The first kappa shape index (κ1) is 14.4. The molecule has 8 heteroatoms. The van der Waals surface area contributed by atoms with Gasteiger partial charge in [0.1, 0.15) is 11.1 Å². The predicted molar refractivity (Wildman–Crippen MR) is 79.9 cm³/mol. The topological polar surface area (TPSA) is 87.2 Å². The van der Waals surface area contributed by atoms with Crippen LogP contribution >= 0.6 is 11.6 Å². The molecule has 1 aliphatic heterocycles. The van der Waals surface area contributed by atoms with E-state index in [1.807, 2.05) is 0 Å². The van der Waals surface area contributed by atoms with Crippen molar-refractivity contribution < 1.29 is 13.2 Å². The molecule has 2 heterocycles. The van der Waals surface area contributed by atoms with Crippen molar-refractivity contribution in [2.75, 3.05) is 18.9 Å². The van der Waals surface area contributed by atoms with E-state index in [0.29, 0.717) is 5.82 Å². The van der Waals surface area contributed by atoms with Crippen LogP contribution in [-0.2, 0) is 21.6 Å². The third-order valence-corrected chi connectivity index (χ3v) is 6.12. The van der Waals surface area contributed by atoms with Gasteiger partial charge in [0.2, 0.25) is 0 Å². The monoisotopic (exact) mass is 327 g/mol. The number of ether oxygens (including phenoxy) is 1. The van der Waals surface area contributed by atoms with E-state index in [0.717, 1.165) is 11.1 Å². The summed E-state index contributed by atoms with van der Waals surface area (Å²) in [4.78, 5) is 0.128. The molecule has 0 unspecified atom stereocenters. The summed E-state index contributed by atoms with van der Waals surface area (Å²) >= 11 is 6.16. The fourth-order valence-electron chi connectivity index (χ4n) is 2.14. The number of nitrogens with zero attached hydrogens (tertiary/aromatic N) is 2. The molecule has 0 aliphatic carbocycles. The Morgan fingerprint density at radius 1 is 1.43 bits per heavy atom. The van der Waals surface area contributed by atoms with Gasteiger partial charge in [-0.15, -0.1) is 0 Å².